The summed E-state index contributed by atoms with van der Waals surface area (Å²) >= 11 is 12.1. The maximum atomic E-state index is 11.5. The topological polar surface area (TPSA) is 80.3 Å². The van der Waals surface area contributed by atoms with Gasteiger partial charge in [0.15, 0.2) is 0 Å². The van der Waals surface area contributed by atoms with Gasteiger partial charge in [-0.3, -0.25) is 14.8 Å². The Labute approximate surface area is 138 Å². The summed E-state index contributed by atoms with van der Waals surface area (Å²) in [6, 6.07) is 5.22. The lowest BCUT2D eigenvalue weighted by atomic mass is 10.2. The largest absolute Gasteiger partial charge is 0.391 e. The number of hydrazine groups is 1. The molecule has 1 aliphatic heterocycles. The van der Waals surface area contributed by atoms with Gasteiger partial charge in [0.2, 0.25) is 5.91 Å². The zero-order valence-electron chi connectivity index (χ0n) is 11.8. The Morgan fingerprint density at radius 1 is 1.41 bits per heavy atom. The molecule has 1 heterocycles. The first-order chi connectivity index (χ1) is 10.6. The van der Waals surface area contributed by atoms with E-state index in [0.717, 1.165) is 5.01 Å². The summed E-state index contributed by atoms with van der Waals surface area (Å²) in [6.07, 6.45) is 2.52. The van der Waals surface area contributed by atoms with E-state index in [0.29, 0.717) is 40.7 Å². The van der Waals surface area contributed by atoms with Crippen LogP contribution in [0.1, 0.15) is 18.4 Å². The van der Waals surface area contributed by atoms with Crippen LogP contribution in [0.2, 0.25) is 10.0 Å². The third-order valence-electron chi connectivity index (χ3n) is 3.06. The summed E-state index contributed by atoms with van der Waals surface area (Å²) in [5, 5.41) is 6.01. The molecule has 8 heteroatoms. The van der Waals surface area contributed by atoms with Gasteiger partial charge in [-0.1, -0.05) is 34.4 Å². The number of benzene rings is 1. The zero-order valence-corrected chi connectivity index (χ0v) is 13.3. The molecule has 0 saturated carbocycles. The molecular formula is C14H16Cl2N4O2. The third-order valence-corrected chi connectivity index (χ3v) is 3.77. The molecule has 6 nitrogen and oxygen atoms in total. The van der Waals surface area contributed by atoms with Gasteiger partial charge in [0.25, 0.3) is 0 Å². The molecule has 0 atom stereocenters. The summed E-state index contributed by atoms with van der Waals surface area (Å²) in [4.78, 5) is 21.0. The van der Waals surface area contributed by atoms with Crippen LogP contribution >= 0.6 is 23.2 Å². The van der Waals surface area contributed by atoms with E-state index in [4.69, 9.17) is 33.9 Å². The lowest BCUT2D eigenvalue weighted by Crippen LogP contribution is -2.42. The van der Waals surface area contributed by atoms with Gasteiger partial charge >= 0.3 is 0 Å². The highest BCUT2D eigenvalue weighted by molar-refractivity contribution is 6.36. The maximum Gasteiger partial charge on any atom is 0.236 e. The van der Waals surface area contributed by atoms with Crippen molar-refractivity contribution in [2.75, 3.05) is 13.1 Å². The van der Waals surface area contributed by atoms with Crippen LogP contribution in [0, 0.1) is 0 Å². The molecule has 1 aliphatic rings. The van der Waals surface area contributed by atoms with E-state index in [-0.39, 0.29) is 19.1 Å². The first kappa shape index (κ1) is 16.7. The van der Waals surface area contributed by atoms with Gasteiger partial charge in [0.1, 0.15) is 6.61 Å². The van der Waals surface area contributed by atoms with Gasteiger partial charge in [-0.15, -0.1) is 0 Å². The second-order valence-electron chi connectivity index (χ2n) is 4.71. The second-order valence-corrected chi connectivity index (χ2v) is 5.52. The predicted octanol–water partition coefficient (Wildman–Crippen LogP) is 2.43. The molecule has 22 heavy (non-hydrogen) atoms. The van der Waals surface area contributed by atoms with E-state index in [1.54, 1.807) is 18.2 Å². The minimum Gasteiger partial charge on any atom is -0.391 e. The van der Waals surface area contributed by atoms with E-state index in [9.17, 15) is 4.79 Å². The second kappa shape index (κ2) is 8.12. The molecule has 0 bridgehead atoms. The standard InChI is InChI=1S/C14H16Cl2N4O2/c15-12-3-1-4-13(16)11(12)9-22-19-7-10-8-20(17)14(21)5-2-6-18-10/h1,3-4,7H,2,5-6,8-9,17H2. The number of carbonyl (C=O) groups is 1. The first-order valence-electron chi connectivity index (χ1n) is 6.74. The molecule has 1 aromatic carbocycles. The molecule has 0 saturated heterocycles. The van der Waals surface area contributed by atoms with Crippen molar-refractivity contribution in [1.82, 2.24) is 5.01 Å². The molecule has 0 unspecified atom stereocenters. The fourth-order valence-corrected chi connectivity index (χ4v) is 2.37. The van der Waals surface area contributed by atoms with Gasteiger partial charge in [0, 0.05) is 28.6 Å². The van der Waals surface area contributed by atoms with Crippen LogP contribution in [0.5, 0.6) is 0 Å². The van der Waals surface area contributed by atoms with E-state index in [1.807, 2.05) is 0 Å². The molecule has 0 radical (unpaired) electrons. The fraction of sp³-hybridized carbons (Fsp3) is 0.357. The van der Waals surface area contributed by atoms with Crippen molar-refractivity contribution in [1.29, 1.82) is 0 Å². The minimum absolute atomic E-state index is 0.107. The van der Waals surface area contributed by atoms with Crippen molar-refractivity contribution in [3.05, 3.63) is 33.8 Å². The van der Waals surface area contributed by atoms with Crippen molar-refractivity contribution < 1.29 is 9.63 Å². The summed E-state index contributed by atoms with van der Waals surface area (Å²) < 4.78 is 0. The van der Waals surface area contributed by atoms with Crippen LogP contribution in [0.4, 0.5) is 0 Å². The number of aliphatic imine (C=N–C) groups is 1. The van der Waals surface area contributed by atoms with E-state index < -0.39 is 0 Å². The monoisotopic (exact) mass is 342 g/mol. The molecule has 0 aliphatic carbocycles. The number of rotatable bonds is 4. The number of halogens is 2. The summed E-state index contributed by atoms with van der Waals surface area (Å²) in [5.41, 5.74) is 1.25. The van der Waals surface area contributed by atoms with E-state index >= 15 is 0 Å². The quantitative estimate of drug-likeness (QED) is 0.395. The van der Waals surface area contributed by atoms with Crippen LogP contribution < -0.4 is 5.84 Å². The number of oxime groups is 1. The van der Waals surface area contributed by atoms with Gasteiger partial charge in [0.05, 0.1) is 18.5 Å². The van der Waals surface area contributed by atoms with Gasteiger partial charge < -0.3 is 4.84 Å². The Balaban J connectivity index is 1.93. The lowest BCUT2D eigenvalue weighted by molar-refractivity contribution is -0.130. The Morgan fingerprint density at radius 3 is 2.86 bits per heavy atom. The van der Waals surface area contributed by atoms with Crippen molar-refractivity contribution in [2.45, 2.75) is 19.4 Å². The van der Waals surface area contributed by atoms with Gasteiger partial charge in [-0.2, -0.15) is 0 Å². The van der Waals surface area contributed by atoms with Crippen LogP contribution in [-0.2, 0) is 16.2 Å². The average molecular weight is 343 g/mol. The SMILES string of the molecule is NN1CC(C=NOCc2c(Cl)cccc2Cl)=NCCCC1=O. The Hall–Kier alpha value is -1.63. The molecule has 0 fully saturated rings. The number of amides is 1. The molecular weight excluding hydrogens is 327 g/mol. The van der Waals surface area contributed by atoms with E-state index in [1.165, 1.54) is 6.21 Å². The van der Waals surface area contributed by atoms with Crippen molar-refractivity contribution in [3.63, 3.8) is 0 Å². The third kappa shape index (κ3) is 4.69. The Kier molecular flexibility index (Phi) is 6.18. The highest BCUT2D eigenvalue weighted by atomic mass is 35.5. The lowest BCUT2D eigenvalue weighted by Gasteiger charge is -2.18. The van der Waals surface area contributed by atoms with Crippen molar-refractivity contribution in [3.8, 4) is 0 Å². The molecule has 2 N–H and O–H groups in total. The number of carbonyl (C=O) groups excluding carboxylic acids is 1. The van der Waals surface area contributed by atoms with Crippen LogP contribution in [-0.4, -0.2) is 35.9 Å². The zero-order chi connectivity index (χ0) is 15.9. The highest BCUT2D eigenvalue weighted by Gasteiger charge is 2.13. The van der Waals surface area contributed by atoms with Crippen LogP contribution in [0.3, 0.4) is 0 Å². The van der Waals surface area contributed by atoms with Crippen molar-refractivity contribution in [2.24, 2.45) is 16.0 Å². The average Bonchev–Trinajstić information content (AvgIpc) is 2.48. The van der Waals surface area contributed by atoms with Gasteiger partial charge in [-0.05, 0) is 18.6 Å². The Morgan fingerprint density at radius 2 is 2.14 bits per heavy atom. The molecule has 0 spiro atoms. The summed E-state index contributed by atoms with van der Waals surface area (Å²) in [5.74, 6) is 5.53. The highest BCUT2D eigenvalue weighted by Crippen LogP contribution is 2.24. The fourth-order valence-electron chi connectivity index (χ4n) is 1.86. The summed E-state index contributed by atoms with van der Waals surface area (Å²) in [7, 11) is 0. The molecule has 2 rings (SSSR count). The maximum absolute atomic E-state index is 11.5. The first-order valence-corrected chi connectivity index (χ1v) is 7.50. The molecule has 0 aromatic heterocycles. The van der Waals surface area contributed by atoms with Crippen LogP contribution in [0.15, 0.2) is 28.3 Å². The molecule has 1 amide bonds. The normalized spacial score (nSPS) is 16.4. The van der Waals surface area contributed by atoms with Crippen molar-refractivity contribution >= 4 is 41.0 Å². The molecule has 1 aromatic rings. The minimum atomic E-state index is -0.107. The summed E-state index contributed by atoms with van der Waals surface area (Å²) in [6.45, 7) is 0.920. The van der Waals surface area contributed by atoms with Crippen LogP contribution in [0.25, 0.3) is 0 Å². The number of hydrogen-bond donors (Lipinski definition) is 1. The molecule has 118 valence electrons. The number of nitrogens with two attached hydrogens (primary N) is 1. The number of nitrogens with zero attached hydrogens (tertiary/aromatic N) is 3. The van der Waals surface area contributed by atoms with Gasteiger partial charge in [-0.25, -0.2) is 5.84 Å². The predicted molar refractivity (Wildman–Crippen MR) is 87.2 cm³/mol. The smallest absolute Gasteiger partial charge is 0.236 e. The van der Waals surface area contributed by atoms with E-state index in [2.05, 4.69) is 10.1 Å². The number of hydrogen-bond acceptors (Lipinski definition) is 5. The Bertz CT molecular complexity index is 584.